The lowest BCUT2D eigenvalue weighted by atomic mass is 10.1. The highest BCUT2D eigenvalue weighted by molar-refractivity contribution is 5.80. The van der Waals surface area contributed by atoms with Crippen LogP contribution in [0.15, 0.2) is 24.3 Å². The van der Waals surface area contributed by atoms with Crippen LogP contribution in [0.25, 0.3) is 0 Å². The zero-order valence-electron chi connectivity index (χ0n) is 9.94. The molecule has 1 aromatic carbocycles. The van der Waals surface area contributed by atoms with Crippen LogP contribution in [-0.4, -0.2) is 19.6 Å². The van der Waals surface area contributed by atoms with Crippen molar-refractivity contribution < 1.29 is 14.3 Å². The Kier molecular flexibility index (Phi) is 3.33. The lowest BCUT2D eigenvalue weighted by Crippen LogP contribution is -2.27. The Hall–Kier alpha value is -1.55. The van der Waals surface area contributed by atoms with E-state index in [0.717, 1.165) is 24.2 Å². The molecule has 0 atom stereocenters. The fraction of sp³-hybridized carbons (Fsp3) is 0.462. The van der Waals surface area contributed by atoms with Gasteiger partial charge in [-0.15, -0.1) is 0 Å². The highest BCUT2D eigenvalue weighted by Crippen LogP contribution is 2.45. The van der Waals surface area contributed by atoms with Gasteiger partial charge >= 0.3 is 5.97 Å². The van der Waals surface area contributed by atoms with E-state index in [2.05, 4.69) is 0 Å². The molecule has 0 heterocycles. The second kappa shape index (κ2) is 4.75. The summed E-state index contributed by atoms with van der Waals surface area (Å²) in [7, 11) is 1.61. The average molecular weight is 235 g/mol. The zero-order chi connectivity index (χ0) is 12.3. The fourth-order valence-electron chi connectivity index (χ4n) is 1.71. The van der Waals surface area contributed by atoms with E-state index in [1.165, 1.54) is 0 Å². The molecule has 0 amide bonds. The lowest BCUT2D eigenvalue weighted by Gasteiger charge is -2.12. The van der Waals surface area contributed by atoms with Crippen molar-refractivity contribution in [2.45, 2.75) is 19.4 Å². The summed E-state index contributed by atoms with van der Waals surface area (Å²) in [4.78, 5) is 11.8. The Bertz CT molecular complexity index is 413. The molecule has 4 nitrogen and oxygen atoms in total. The molecule has 17 heavy (non-hydrogen) atoms. The Morgan fingerprint density at radius 3 is 2.82 bits per heavy atom. The van der Waals surface area contributed by atoms with Crippen molar-refractivity contribution >= 4 is 5.97 Å². The molecule has 4 heteroatoms. The summed E-state index contributed by atoms with van der Waals surface area (Å²) in [6.45, 7) is 0.654. The van der Waals surface area contributed by atoms with Gasteiger partial charge in [-0.2, -0.15) is 0 Å². The van der Waals surface area contributed by atoms with Crippen LogP contribution in [0.3, 0.4) is 0 Å². The van der Waals surface area contributed by atoms with Gasteiger partial charge in [0.25, 0.3) is 0 Å². The molecular weight excluding hydrogens is 218 g/mol. The van der Waals surface area contributed by atoms with E-state index in [0.29, 0.717) is 6.54 Å². The highest BCUT2D eigenvalue weighted by Gasteiger charge is 2.50. The molecule has 0 radical (unpaired) electrons. The van der Waals surface area contributed by atoms with Crippen LogP contribution in [0.4, 0.5) is 0 Å². The largest absolute Gasteiger partial charge is 0.497 e. The molecule has 1 aliphatic carbocycles. The standard InChI is InChI=1S/C13H17NO3/c1-16-11-4-2-3-10(7-11)8-17-12(15)13(9-14)5-6-13/h2-4,7H,5-6,8-9,14H2,1H3. The first-order valence-electron chi connectivity index (χ1n) is 5.70. The maximum atomic E-state index is 11.8. The highest BCUT2D eigenvalue weighted by atomic mass is 16.5. The molecule has 1 aromatic rings. The van der Waals surface area contributed by atoms with Crippen molar-refractivity contribution in [2.75, 3.05) is 13.7 Å². The molecule has 92 valence electrons. The van der Waals surface area contributed by atoms with Gasteiger partial charge in [0.15, 0.2) is 0 Å². The maximum Gasteiger partial charge on any atom is 0.313 e. The quantitative estimate of drug-likeness (QED) is 0.785. The first-order chi connectivity index (χ1) is 8.20. The zero-order valence-corrected chi connectivity index (χ0v) is 9.94. The number of esters is 1. The normalized spacial score (nSPS) is 16.4. The first kappa shape index (κ1) is 11.9. The molecule has 2 rings (SSSR count). The minimum atomic E-state index is -0.390. The maximum absolute atomic E-state index is 11.8. The van der Waals surface area contributed by atoms with E-state index < -0.39 is 5.41 Å². The van der Waals surface area contributed by atoms with E-state index in [1.807, 2.05) is 24.3 Å². The van der Waals surface area contributed by atoms with Gasteiger partial charge in [0.05, 0.1) is 12.5 Å². The number of hydrogen-bond acceptors (Lipinski definition) is 4. The Morgan fingerprint density at radius 1 is 1.47 bits per heavy atom. The van der Waals surface area contributed by atoms with E-state index in [1.54, 1.807) is 7.11 Å². The van der Waals surface area contributed by atoms with Gasteiger partial charge in [0.1, 0.15) is 12.4 Å². The van der Waals surface area contributed by atoms with E-state index in [4.69, 9.17) is 15.2 Å². The minimum Gasteiger partial charge on any atom is -0.497 e. The number of nitrogens with two attached hydrogens (primary N) is 1. The second-order valence-corrected chi connectivity index (χ2v) is 4.41. The third kappa shape index (κ3) is 2.58. The van der Waals surface area contributed by atoms with E-state index >= 15 is 0 Å². The molecule has 0 spiro atoms. The van der Waals surface area contributed by atoms with Crippen LogP contribution in [0.2, 0.25) is 0 Å². The van der Waals surface area contributed by atoms with Crippen LogP contribution < -0.4 is 10.5 Å². The third-order valence-corrected chi connectivity index (χ3v) is 3.18. The molecule has 2 N–H and O–H groups in total. The number of rotatable bonds is 5. The summed E-state index contributed by atoms with van der Waals surface area (Å²) in [5.74, 6) is 0.585. The van der Waals surface area contributed by atoms with Crippen LogP contribution in [0.1, 0.15) is 18.4 Å². The monoisotopic (exact) mass is 235 g/mol. The van der Waals surface area contributed by atoms with Crippen molar-refractivity contribution in [3.63, 3.8) is 0 Å². The van der Waals surface area contributed by atoms with Gasteiger partial charge in [-0.05, 0) is 30.5 Å². The SMILES string of the molecule is COc1cccc(COC(=O)C2(CN)CC2)c1. The molecule has 0 saturated heterocycles. The topological polar surface area (TPSA) is 61.5 Å². The molecule has 0 aliphatic heterocycles. The van der Waals surface area contributed by atoms with E-state index in [-0.39, 0.29) is 12.6 Å². The van der Waals surface area contributed by atoms with E-state index in [9.17, 15) is 4.79 Å². The number of ether oxygens (including phenoxy) is 2. The summed E-state index contributed by atoms with van der Waals surface area (Å²) in [6.07, 6.45) is 1.70. The van der Waals surface area contributed by atoms with Crippen LogP contribution in [0.5, 0.6) is 5.75 Å². The molecule has 1 aliphatic rings. The Labute approximate surface area is 101 Å². The summed E-state index contributed by atoms with van der Waals surface area (Å²) in [5.41, 5.74) is 6.10. The smallest absolute Gasteiger partial charge is 0.313 e. The summed E-state index contributed by atoms with van der Waals surface area (Å²) in [5, 5.41) is 0. The number of carbonyl (C=O) groups excluding carboxylic acids is 1. The minimum absolute atomic E-state index is 0.178. The van der Waals surface area contributed by atoms with Crippen molar-refractivity contribution in [3.05, 3.63) is 29.8 Å². The fourth-order valence-corrected chi connectivity index (χ4v) is 1.71. The van der Waals surface area contributed by atoms with Gasteiger partial charge < -0.3 is 15.2 Å². The van der Waals surface area contributed by atoms with Crippen molar-refractivity contribution in [2.24, 2.45) is 11.1 Å². The molecule has 0 bridgehead atoms. The molecular formula is C13H17NO3. The van der Waals surface area contributed by atoms with Crippen LogP contribution >= 0.6 is 0 Å². The summed E-state index contributed by atoms with van der Waals surface area (Å²) in [6, 6.07) is 7.48. The predicted octanol–water partition coefficient (Wildman–Crippen LogP) is 1.48. The molecule has 1 saturated carbocycles. The number of hydrogen-bond donors (Lipinski definition) is 1. The number of benzene rings is 1. The van der Waals surface area contributed by atoms with Gasteiger partial charge in [0.2, 0.25) is 0 Å². The number of methoxy groups -OCH3 is 1. The first-order valence-corrected chi connectivity index (χ1v) is 5.70. The van der Waals surface area contributed by atoms with Crippen molar-refractivity contribution in [1.82, 2.24) is 0 Å². The molecule has 1 fully saturated rings. The predicted molar refractivity (Wildman–Crippen MR) is 63.5 cm³/mol. The second-order valence-electron chi connectivity index (χ2n) is 4.41. The summed E-state index contributed by atoms with van der Waals surface area (Å²) < 4.78 is 10.4. The lowest BCUT2D eigenvalue weighted by molar-refractivity contribution is -0.151. The van der Waals surface area contributed by atoms with Gasteiger partial charge in [0, 0.05) is 6.54 Å². The van der Waals surface area contributed by atoms with Gasteiger partial charge in [-0.1, -0.05) is 12.1 Å². The van der Waals surface area contributed by atoms with Crippen LogP contribution in [0, 0.1) is 5.41 Å². The average Bonchev–Trinajstić information content (AvgIpc) is 3.17. The Morgan fingerprint density at radius 2 is 2.24 bits per heavy atom. The van der Waals surface area contributed by atoms with Gasteiger partial charge in [-0.3, -0.25) is 4.79 Å². The molecule has 0 aromatic heterocycles. The Balaban J connectivity index is 1.91. The van der Waals surface area contributed by atoms with Crippen molar-refractivity contribution in [1.29, 1.82) is 0 Å². The third-order valence-electron chi connectivity index (χ3n) is 3.18. The summed E-state index contributed by atoms with van der Waals surface area (Å²) >= 11 is 0. The van der Waals surface area contributed by atoms with Gasteiger partial charge in [-0.25, -0.2) is 0 Å². The molecule has 0 unspecified atom stereocenters. The van der Waals surface area contributed by atoms with Crippen LogP contribution in [-0.2, 0) is 16.1 Å². The van der Waals surface area contributed by atoms with Crippen molar-refractivity contribution in [3.8, 4) is 5.75 Å². The number of carbonyl (C=O) groups is 1.